The zero-order chi connectivity index (χ0) is 16.9. The van der Waals surface area contributed by atoms with Crippen molar-refractivity contribution in [2.45, 2.75) is 31.7 Å². The Morgan fingerprint density at radius 1 is 1.38 bits per heavy atom. The molecule has 4 nitrogen and oxygen atoms in total. The Bertz CT molecular complexity index is 693. The van der Waals surface area contributed by atoms with Gasteiger partial charge in [-0.1, -0.05) is 29.3 Å². The monoisotopic (exact) mass is 383 g/mol. The van der Waals surface area contributed by atoms with E-state index >= 15 is 0 Å². The van der Waals surface area contributed by atoms with Gasteiger partial charge in [0.2, 0.25) is 5.91 Å². The van der Waals surface area contributed by atoms with Crippen molar-refractivity contribution in [3.63, 3.8) is 0 Å². The summed E-state index contributed by atoms with van der Waals surface area (Å²) >= 11 is 13.5. The lowest BCUT2D eigenvalue weighted by Crippen LogP contribution is -2.40. The summed E-state index contributed by atoms with van der Waals surface area (Å²) in [5.41, 5.74) is 1.02. The Balaban J connectivity index is 1.46. The number of hydrogen-bond acceptors (Lipinski definition) is 4. The molecule has 7 heteroatoms. The van der Waals surface area contributed by atoms with Crippen LogP contribution in [0.2, 0.25) is 10.0 Å². The van der Waals surface area contributed by atoms with Crippen LogP contribution in [0.3, 0.4) is 0 Å². The van der Waals surface area contributed by atoms with E-state index in [-0.39, 0.29) is 5.91 Å². The lowest BCUT2D eigenvalue weighted by atomic mass is 10.1. The lowest BCUT2D eigenvalue weighted by molar-refractivity contribution is -0.121. The molecule has 1 aromatic heterocycles. The number of benzene rings is 1. The molecule has 2 aromatic rings. The number of nitrogens with one attached hydrogen (secondary N) is 1. The van der Waals surface area contributed by atoms with Crippen molar-refractivity contribution in [1.82, 2.24) is 10.3 Å². The second kappa shape index (κ2) is 8.19. The van der Waals surface area contributed by atoms with Crippen molar-refractivity contribution in [2.75, 3.05) is 18.0 Å². The maximum atomic E-state index is 12.1. The van der Waals surface area contributed by atoms with E-state index in [1.54, 1.807) is 17.4 Å². The molecule has 2 heterocycles. The predicted octanol–water partition coefficient (Wildman–Crippen LogP) is 4.17. The van der Waals surface area contributed by atoms with Gasteiger partial charge in [0.25, 0.3) is 0 Å². The van der Waals surface area contributed by atoms with E-state index < -0.39 is 0 Å². The average molecular weight is 384 g/mol. The van der Waals surface area contributed by atoms with Crippen LogP contribution in [0, 0.1) is 0 Å². The highest BCUT2D eigenvalue weighted by Crippen LogP contribution is 2.27. The Labute approximate surface area is 155 Å². The number of aryl methyl sites for hydroxylation is 1. The number of carbonyl (C=O) groups excluding carboxylic acids is 1. The smallest absolute Gasteiger partial charge is 0.220 e. The van der Waals surface area contributed by atoms with E-state index in [1.165, 1.54) is 0 Å². The third-order valence-corrected chi connectivity index (χ3v) is 5.75. The van der Waals surface area contributed by atoms with Crippen molar-refractivity contribution >= 4 is 45.6 Å². The molecule has 1 aliphatic rings. The molecule has 0 saturated carbocycles. The first-order valence-corrected chi connectivity index (χ1v) is 9.64. The SMILES string of the molecule is O=C(CCc1ccc(Cl)c(Cl)c1)NCC1CCCN1c1nccs1. The molecule has 0 spiro atoms. The largest absolute Gasteiger partial charge is 0.354 e. The molecule has 1 unspecified atom stereocenters. The molecule has 1 aliphatic heterocycles. The molecule has 24 heavy (non-hydrogen) atoms. The quantitative estimate of drug-likeness (QED) is 0.813. The van der Waals surface area contributed by atoms with Gasteiger partial charge in [-0.05, 0) is 37.0 Å². The third-order valence-electron chi connectivity index (χ3n) is 4.20. The summed E-state index contributed by atoms with van der Waals surface area (Å²) in [6, 6.07) is 5.83. The molecular weight excluding hydrogens is 365 g/mol. The molecule has 128 valence electrons. The van der Waals surface area contributed by atoms with Crippen LogP contribution in [-0.2, 0) is 11.2 Å². The number of anilines is 1. The fourth-order valence-corrected chi connectivity index (χ4v) is 3.99. The molecule has 0 aliphatic carbocycles. The standard InChI is InChI=1S/C17H19Cl2N3OS/c18-14-5-3-12(10-15(14)19)4-6-16(23)21-11-13-2-1-8-22(13)17-20-7-9-24-17/h3,5,7,9-10,13H,1-2,4,6,8,11H2,(H,21,23). The Hall–Kier alpha value is -1.30. The van der Waals surface area contributed by atoms with E-state index in [0.29, 0.717) is 35.5 Å². The van der Waals surface area contributed by atoms with Crippen molar-refractivity contribution in [2.24, 2.45) is 0 Å². The fourth-order valence-electron chi connectivity index (χ4n) is 2.93. The van der Waals surface area contributed by atoms with Crippen LogP contribution >= 0.6 is 34.5 Å². The summed E-state index contributed by atoms with van der Waals surface area (Å²) in [5, 5.41) is 7.14. The molecule has 1 fully saturated rings. The van der Waals surface area contributed by atoms with Crippen molar-refractivity contribution in [3.8, 4) is 0 Å². The van der Waals surface area contributed by atoms with Gasteiger partial charge in [-0.2, -0.15) is 0 Å². The molecule has 1 saturated heterocycles. The number of hydrogen-bond donors (Lipinski definition) is 1. The van der Waals surface area contributed by atoms with Crippen LogP contribution in [0.25, 0.3) is 0 Å². The van der Waals surface area contributed by atoms with Crippen LogP contribution in [0.4, 0.5) is 5.13 Å². The highest BCUT2D eigenvalue weighted by Gasteiger charge is 2.26. The van der Waals surface area contributed by atoms with Crippen LogP contribution in [0.1, 0.15) is 24.8 Å². The van der Waals surface area contributed by atoms with E-state index in [2.05, 4.69) is 15.2 Å². The van der Waals surface area contributed by atoms with Gasteiger partial charge >= 0.3 is 0 Å². The first-order valence-electron chi connectivity index (χ1n) is 8.00. The van der Waals surface area contributed by atoms with Gasteiger partial charge in [0.05, 0.1) is 10.0 Å². The Morgan fingerprint density at radius 2 is 2.25 bits per heavy atom. The summed E-state index contributed by atoms with van der Waals surface area (Å²) in [6.07, 6.45) is 5.16. The number of rotatable bonds is 6. The molecule has 1 atom stereocenters. The number of nitrogens with zero attached hydrogens (tertiary/aromatic N) is 2. The van der Waals surface area contributed by atoms with E-state index in [9.17, 15) is 4.79 Å². The van der Waals surface area contributed by atoms with E-state index in [0.717, 1.165) is 30.1 Å². The van der Waals surface area contributed by atoms with Crippen molar-refractivity contribution in [3.05, 3.63) is 45.4 Å². The minimum atomic E-state index is 0.0621. The minimum absolute atomic E-state index is 0.0621. The lowest BCUT2D eigenvalue weighted by Gasteiger charge is -2.24. The number of halogens is 2. The highest BCUT2D eigenvalue weighted by atomic mass is 35.5. The van der Waals surface area contributed by atoms with Gasteiger partial charge in [-0.15, -0.1) is 11.3 Å². The van der Waals surface area contributed by atoms with Gasteiger partial charge < -0.3 is 10.2 Å². The summed E-state index contributed by atoms with van der Waals surface area (Å²) in [4.78, 5) is 18.8. The van der Waals surface area contributed by atoms with E-state index in [4.69, 9.17) is 23.2 Å². The first-order chi connectivity index (χ1) is 11.6. The average Bonchev–Trinajstić information content (AvgIpc) is 3.24. The van der Waals surface area contributed by atoms with Crippen molar-refractivity contribution < 1.29 is 4.79 Å². The minimum Gasteiger partial charge on any atom is -0.354 e. The number of thiazole rings is 1. The predicted molar refractivity (Wildman–Crippen MR) is 100 cm³/mol. The molecular formula is C17H19Cl2N3OS. The van der Waals surface area contributed by atoms with Gasteiger partial charge in [0.1, 0.15) is 0 Å². The maximum Gasteiger partial charge on any atom is 0.220 e. The molecule has 1 amide bonds. The molecule has 0 radical (unpaired) electrons. The molecule has 1 aromatic carbocycles. The van der Waals surface area contributed by atoms with Crippen LogP contribution in [0.15, 0.2) is 29.8 Å². The van der Waals surface area contributed by atoms with Gasteiger partial charge in [0, 0.05) is 37.1 Å². The summed E-state index contributed by atoms with van der Waals surface area (Å²) in [5.74, 6) is 0.0621. The second-order valence-corrected chi connectivity index (χ2v) is 7.54. The summed E-state index contributed by atoms with van der Waals surface area (Å²) in [7, 11) is 0. The normalized spacial score (nSPS) is 17.2. The van der Waals surface area contributed by atoms with Crippen LogP contribution in [-0.4, -0.2) is 30.0 Å². The first kappa shape index (κ1) is 17.5. The summed E-state index contributed by atoms with van der Waals surface area (Å²) < 4.78 is 0. The zero-order valence-electron chi connectivity index (χ0n) is 13.2. The second-order valence-electron chi connectivity index (χ2n) is 5.86. The zero-order valence-corrected chi connectivity index (χ0v) is 15.5. The summed E-state index contributed by atoms with van der Waals surface area (Å²) in [6.45, 7) is 1.68. The van der Waals surface area contributed by atoms with E-state index in [1.807, 2.05) is 23.7 Å². The van der Waals surface area contributed by atoms with Crippen LogP contribution in [0.5, 0.6) is 0 Å². The topological polar surface area (TPSA) is 45.2 Å². The van der Waals surface area contributed by atoms with Gasteiger partial charge in [-0.3, -0.25) is 4.79 Å². The van der Waals surface area contributed by atoms with Gasteiger partial charge in [0.15, 0.2) is 5.13 Å². The van der Waals surface area contributed by atoms with Crippen LogP contribution < -0.4 is 10.2 Å². The van der Waals surface area contributed by atoms with Gasteiger partial charge in [-0.25, -0.2) is 4.98 Å². The Kier molecular flexibility index (Phi) is 5.98. The Morgan fingerprint density at radius 3 is 3.00 bits per heavy atom. The fraction of sp³-hybridized carbons (Fsp3) is 0.412. The van der Waals surface area contributed by atoms with Crippen molar-refractivity contribution in [1.29, 1.82) is 0 Å². The number of carbonyl (C=O) groups is 1. The third kappa shape index (κ3) is 4.41. The number of aromatic nitrogens is 1. The molecule has 3 rings (SSSR count). The highest BCUT2D eigenvalue weighted by molar-refractivity contribution is 7.13. The molecule has 1 N–H and O–H groups in total. The molecule has 0 bridgehead atoms. The number of amides is 1. The maximum absolute atomic E-state index is 12.1.